The average Bonchev–Trinajstić information content (AvgIpc) is 2.32. The van der Waals surface area contributed by atoms with E-state index in [1.807, 2.05) is 43.3 Å². The first-order chi connectivity index (χ1) is 8.09. The van der Waals surface area contributed by atoms with E-state index in [2.05, 4.69) is 22.6 Å². The van der Waals surface area contributed by atoms with Crippen molar-refractivity contribution < 1.29 is 4.79 Å². The van der Waals surface area contributed by atoms with Crippen molar-refractivity contribution in [2.75, 3.05) is 0 Å². The van der Waals surface area contributed by atoms with Crippen LogP contribution in [0, 0.1) is 10.5 Å². The topological polar surface area (TPSA) is 17.1 Å². The number of benzene rings is 2. The molecule has 0 aliphatic rings. The predicted octanol–water partition coefficient (Wildman–Crippen LogP) is 4.48. The summed E-state index contributed by atoms with van der Waals surface area (Å²) in [4.78, 5) is 12.3. The van der Waals surface area contributed by atoms with E-state index in [0.717, 1.165) is 14.7 Å². The van der Waals surface area contributed by atoms with Gasteiger partial charge in [0.2, 0.25) is 0 Å². The summed E-state index contributed by atoms with van der Waals surface area (Å²) in [5.41, 5.74) is 2.33. The number of ketones is 1. The van der Waals surface area contributed by atoms with E-state index < -0.39 is 0 Å². The number of halogens is 2. The molecule has 0 bridgehead atoms. The van der Waals surface area contributed by atoms with E-state index in [1.165, 1.54) is 0 Å². The van der Waals surface area contributed by atoms with Crippen LogP contribution in [-0.2, 0) is 0 Å². The van der Waals surface area contributed by atoms with Crippen LogP contribution in [0.4, 0.5) is 0 Å². The molecular weight excluding hydrogens is 347 g/mol. The van der Waals surface area contributed by atoms with Gasteiger partial charge in [0, 0.05) is 14.7 Å². The van der Waals surface area contributed by atoms with Crippen molar-refractivity contribution in [2.45, 2.75) is 6.92 Å². The molecule has 17 heavy (non-hydrogen) atoms. The third kappa shape index (κ3) is 2.69. The summed E-state index contributed by atoms with van der Waals surface area (Å²) in [5, 5.41) is 0.616. The minimum absolute atomic E-state index is 0.0152. The molecule has 0 atom stereocenters. The van der Waals surface area contributed by atoms with Crippen LogP contribution in [0.5, 0.6) is 0 Å². The molecule has 0 saturated carbocycles. The van der Waals surface area contributed by atoms with Gasteiger partial charge in [-0.25, -0.2) is 0 Å². The summed E-state index contributed by atoms with van der Waals surface area (Å²) in [5.74, 6) is 0.0152. The Bertz CT molecular complexity index is 578. The Kier molecular flexibility index (Phi) is 3.84. The van der Waals surface area contributed by atoms with Crippen molar-refractivity contribution in [2.24, 2.45) is 0 Å². The molecule has 0 aliphatic carbocycles. The number of aryl methyl sites for hydroxylation is 1. The van der Waals surface area contributed by atoms with Crippen molar-refractivity contribution in [3.05, 3.63) is 67.7 Å². The monoisotopic (exact) mass is 356 g/mol. The SMILES string of the molecule is Cc1ccccc1C(=O)c1ccc(I)c(Cl)c1. The van der Waals surface area contributed by atoms with E-state index in [9.17, 15) is 4.79 Å². The molecule has 0 aliphatic heterocycles. The van der Waals surface area contributed by atoms with Crippen LogP contribution in [0.15, 0.2) is 42.5 Å². The quantitative estimate of drug-likeness (QED) is 0.572. The summed E-state index contributed by atoms with van der Waals surface area (Å²) in [6, 6.07) is 12.9. The number of hydrogen-bond acceptors (Lipinski definition) is 1. The van der Waals surface area contributed by atoms with Crippen molar-refractivity contribution in [3.63, 3.8) is 0 Å². The predicted molar refractivity (Wildman–Crippen MR) is 78.8 cm³/mol. The lowest BCUT2D eigenvalue weighted by molar-refractivity contribution is 0.103. The molecule has 0 amide bonds. The first-order valence-electron chi connectivity index (χ1n) is 5.15. The van der Waals surface area contributed by atoms with Crippen LogP contribution < -0.4 is 0 Å². The molecule has 2 aromatic carbocycles. The number of rotatable bonds is 2. The highest BCUT2D eigenvalue weighted by Crippen LogP contribution is 2.22. The number of carbonyl (C=O) groups is 1. The third-order valence-electron chi connectivity index (χ3n) is 2.57. The van der Waals surface area contributed by atoms with E-state index in [1.54, 1.807) is 6.07 Å². The molecule has 2 rings (SSSR count). The molecule has 2 aromatic rings. The number of hydrogen-bond donors (Lipinski definition) is 0. The lowest BCUT2D eigenvalue weighted by Gasteiger charge is -2.05. The molecule has 0 saturated heterocycles. The maximum Gasteiger partial charge on any atom is 0.193 e. The van der Waals surface area contributed by atoms with E-state index in [-0.39, 0.29) is 5.78 Å². The lowest BCUT2D eigenvalue weighted by atomic mass is 9.99. The fraction of sp³-hybridized carbons (Fsp3) is 0.0714. The second-order valence-corrected chi connectivity index (χ2v) is 5.34. The smallest absolute Gasteiger partial charge is 0.193 e. The van der Waals surface area contributed by atoms with Crippen LogP contribution in [-0.4, -0.2) is 5.78 Å². The molecule has 0 heterocycles. The van der Waals surface area contributed by atoms with Gasteiger partial charge in [-0.15, -0.1) is 0 Å². The van der Waals surface area contributed by atoms with Crippen LogP contribution in [0.3, 0.4) is 0 Å². The molecule has 0 fully saturated rings. The molecule has 86 valence electrons. The minimum Gasteiger partial charge on any atom is -0.289 e. The number of carbonyl (C=O) groups excluding carboxylic acids is 1. The van der Waals surface area contributed by atoms with Crippen molar-refractivity contribution in [3.8, 4) is 0 Å². The summed E-state index contributed by atoms with van der Waals surface area (Å²) < 4.78 is 0.950. The molecule has 0 N–H and O–H groups in total. The van der Waals surface area contributed by atoms with Gasteiger partial charge in [-0.2, -0.15) is 0 Å². The first-order valence-corrected chi connectivity index (χ1v) is 6.60. The Morgan fingerprint density at radius 1 is 1.18 bits per heavy atom. The standard InChI is InChI=1S/C14H10ClIO/c1-9-4-2-3-5-11(9)14(17)10-6-7-13(16)12(15)8-10/h2-8H,1H3. The van der Waals surface area contributed by atoms with Crippen LogP contribution in [0.25, 0.3) is 0 Å². The first kappa shape index (κ1) is 12.6. The Morgan fingerprint density at radius 3 is 2.53 bits per heavy atom. The van der Waals surface area contributed by atoms with Gasteiger partial charge in [-0.05, 0) is 53.3 Å². The maximum absolute atomic E-state index is 12.3. The molecule has 3 heteroatoms. The van der Waals surface area contributed by atoms with Crippen LogP contribution >= 0.6 is 34.2 Å². The summed E-state index contributed by atoms with van der Waals surface area (Å²) in [6.45, 7) is 1.93. The third-order valence-corrected chi connectivity index (χ3v) is 4.14. The van der Waals surface area contributed by atoms with Gasteiger partial charge in [0.15, 0.2) is 5.78 Å². The normalized spacial score (nSPS) is 10.3. The largest absolute Gasteiger partial charge is 0.289 e. The van der Waals surface area contributed by atoms with Gasteiger partial charge in [-0.3, -0.25) is 4.79 Å². The molecule has 0 radical (unpaired) electrons. The fourth-order valence-electron chi connectivity index (χ4n) is 1.62. The second-order valence-electron chi connectivity index (χ2n) is 3.77. The second kappa shape index (κ2) is 5.19. The zero-order valence-corrected chi connectivity index (χ0v) is 12.1. The van der Waals surface area contributed by atoms with E-state index in [0.29, 0.717) is 10.6 Å². The Balaban J connectivity index is 2.44. The van der Waals surface area contributed by atoms with Gasteiger partial charge >= 0.3 is 0 Å². The highest BCUT2D eigenvalue weighted by Gasteiger charge is 2.12. The van der Waals surface area contributed by atoms with Gasteiger partial charge in [0.1, 0.15) is 0 Å². The molecule has 1 nitrogen and oxygen atoms in total. The zero-order chi connectivity index (χ0) is 12.4. The molecule has 0 unspecified atom stereocenters. The van der Waals surface area contributed by atoms with Crippen LogP contribution in [0.1, 0.15) is 21.5 Å². The zero-order valence-electron chi connectivity index (χ0n) is 9.21. The fourth-order valence-corrected chi connectivity index (χ4v) is 2.14. The van der Waals surface area contributed by atoms with Crippen molar-refractivity contribution in [1.29, 1.82) is 0 Å². The maximum atomic E-state index is 12.3. The average molecular weight is 357 g/mol. The van der Waals surface area contributed by atoms with Crippen LogP contribution in [0.2, 0.25) is 5.02 Å². The summed E-state index contributed by atoms with van der Waals surface area (Å²) in [7, 11) is 0. The highest BCUT2D eigenvalue weighted by molar-refractivity contribution is 14.1. The minimum atomic E-state index is 0.0152. The Labute approximate surface area is 119 Å². The van der Waals surface area contributed by atoms with Gasteiger partial charge in [-0.1, -0.05) is 35.9 Å². The summed E-state index contributed by atoms with van der Waals surface area (Å²) in [6.07, 6.45) is 0. The van der Waals surface area contributed by atoms with E-state index >= 15 is 0 Å². The van der Waals surface area contributed by atoms with Gasteiger partial charge in [0.05, 0.1) is 5.02 Å². The Morgan fingerprint density at radius 2 is 1.88 bits per heavy atom. The molecule has 0 aromatic heterocycles. The van der Waals surface area contributed by atoms with Crippen molar-refractivity contribution >= 4 is 40.0 Å². The van der Waals surface area contributed by atoms with Crippen molar-refractivity contribution in [1.82, 2.24) is 0 Å². The summed E-state index contributed by atoms with van der Waals surface area (Å²) >= 11 is 8.17. The van der Waals surface area contributed by atoms with E-state index in [4.69, 9.17) is 11.6 Å². The lowest BCUT2D eigenvalue weighted by Crippen LogP contribution is -2.03. The van der Waals surface area contributed by atoms with Gasteiger partial charge < -0.3 is 0 Å². The van der Waals surface area contributed by atoms with Gasteiger partial charge in [0.25, 0.3) is 0 Å². The molecule has 0 spiro atoms. The molecular formula is C14H10ClIO. The highest BCUT2D eigenvalue weighted by atomic mass is 127. The Hall–Kier alpha value is -0.870.